The first-order valence-electron chi connectivity index (χ1n) is 7.11. The number of nitrogens with zero attached hydrogens (tertiary/aromatic N) is 1. The monoisotopic (exact) mass is 317 g/mol. The van der Waals surface area contributed by atoms with Gasteiger partial charge < -0.3 is 10.4 Å². The molecule has 1 aromatic carbocycles. The van der Waals surface area contributed by atoms with Crippen LogP contribution in [0.25, 0.3) is 0 Å². The average molecular weight is 318 g/mol. The van der Waals surface area contributed by atoms with Crippen molar-refractivity contribution >= 4 is 23.4 Å². The van der Waals surface area contributed by atoms with Crippen LogP contribution < -0.4 is 10.6 Å². The molecule has 1 aliphatic rings. The van der Waals surface area contributed by atoms with Crippen LogP contribution in [0, 0.1) is 0 Å². The molecule has 0 radical (unpaired) electrons. The van der Waals surface area contributed by atoms with E-state index in [9.17, 15) is 9.90 Å². The summed E-state index contributed by atoms with van der Waals surface area (Å²) in [5.41, 5.74) is 1.58. The molecule has 0 bridgehead atoms. The Hall–Kier alpha value is -2.27. The van der Waals surface area contributed by atoms with Gasteiger partial charge in [0.15, 0.2) is 0 Å². The first-order chi connectivity index (χ1) is 10.6. The predicted octanol–water partition coefficient (Wildman–Crippen LogP) is 3.64. The number of urea groups is 1. The van der Waals surface area contributed by atoms with Crippen molar-refractivity contribution < 1.29 is 9.90 Å². The minimum absolute atomic E-state index is 0.0154. The smallest absolute Gasteiger partial charge is 0.320 e. The van der Waals surface area contributed by atoms with Gasteiger partial charge in [0.25, 0.3) is 0 Å². The normalized spacial score (nSPS) is 13.7. The van der Waals surface area contributed by atoms with Crippen molar-refractivity contribution in [1.29, 1.82) is 0 Å². The summed E-state index contributed by atoms with van der Waals surface area (Å²) in [4.78, 5) is 16.3. The number of para-hydroxylation sites is 1. The van der Waals surface area contributed by atoms with Gasteiger partial charge in [-0.25, -0.2) is 9.78 Å². The number of rotatable bonds is 4. The summed E-state index contributed by atoms with van der Waals surface area (Å²) in [5, 5.41) is 15.4. The number of benzene rings is 1. The highest BCUT2D eigenvalue weighted by molar-refractivity contribution is 6.32. The molecule has 1 heterocycles. The molecule has 6 heteroatoms. The maximum absolute atomic E-state index is 11.9. The second-order valence-electron chi connectivity index (χ2n) is 5.28. The van der Waals surface area contributed by atoms with Crippen molar-refractivity contribution in [2.75, 3.05) is 5.32 Å². The fraction of sp³-hybridized carbons (Fsp3) is 0.250. The number of phenols is 1. The lowest BCUT2D eigenvalue weighted by atomic mass is 10.2. The Labute approximate surface area is 133 Å². The number of nitrogens with one attached hydrogen (secondary N) is 2. The van der Waals surface area contributed by atoms with Crippen LogP contribution in [0.2, 0.25) is 5.02 Å². The Kier molecular flexibility index (Phi) is 4.15. The van der Waals surface area contributed by atoms with Crippen molar-refractivity contribution in [2.45, 2.75) is 25.3 Å². The quantitative estimate of drug-likeness (QED) is 0.806. The second-order valence-corrected chi connectivity index (χ2v) is 5.68. The second kappa shape index (κ2) is 6.23. The van der Waals surface area contributed by atoms with Crippen LogP contribution in [-0.2, 0) is 6.54 Å². The number of amides is 2. The molecule has 5 nitrogen and oxygen atoms in total. The van der Waals surface area contributed by atoms with Crippen molar-refractivity contribution in [1.82, 2.24) is 10.3 Å². The lowest BCUT2D eigenvalue weighted by molar-refractivity contribution is 0.251. The van der Waals surface area contributed by atoms with E-state index in [1.54, 1.807) is 24.3 Å². The minimum Gasteiger partial charge on any atom is -0.506 e. The molecule has 3 N–H and O–H groups in total. The van der Waals surface area contributed by atoms with E-state index < -0.39 is 0 Å². The number of aromatic hydroxyl groups is 1. The predicted molar refractivity (Wildman–Crippen MR) is 85.2 cm³/mol. The molecule has 1 aliphatic carbocycles. The van der Waals surface area contributed by atoms with Crippen LogP contribution >= 0.6 is 11.6 Å². The fourth-order valence-corrected chi connectivity index (χ4v) is 2.36. The molecule has 0 spiro atoms. The van der Waals surface area contributed by atoms with Gasteiger partial charge >= 0.3 is 6.03 Å². The van der Waals surface area contributed by atoms with E-state index in [4.69, 9.17) is 11.6 Å². The highest BCUT2D eigenvalue weighted by Crippen LogP contribution is 2.39. The van der Waals surface area contributed by atoms with E-state index in [2.05, 4.69) is 15.6 Å². The highest BCUT2D eigenvalue weighted by Gasteiger charge is 2.25. The van der Waals surface area contributed by atoms with Crippen LogP contribution in [0.15, 0.2) is 36.4 Å². The van der Waals surface area contributed by atoms with E-state index in [0.717, 1.165) is 18.5 Å². The molecular weight excluding hydrogens is 302 g/mol. The molecule has 0 unspecified atom stereocenters. The Bertz CT molecular complexity index is 702. The van der Waals surface area contributed by atoms with Gasteiger partial charge in [-0.05, 0) is 31.0 Å². The molecule has 1 aromatic heterocycles. The van der Waals surface area contributed by atoms with Crippen molar-refractivity contribution in [3.63, 3.8) is 0 Å². The molecule has 0 saturated heterocycles. The molecule has 22 heavy (non-hydrogen) atoms. The molecular formula is C16H16ClN3O2. The zero-order chi connectivity index (χ0) is 15.5. The maximum Gasteiger partial charge on any atom is 0.320 e. The van der Waals surface area contributed by atoms with Crippen LogP contribution in [0.4, 0.5) is 10.6 Å². The zero-order valence-electron chi connectivity index (χ0n) is 11.8. The number of hydrogen-bond donors (Lipinski definition) is 3. The summed E-state index contributed by atoms with van der Waals surface area (Å²) in [6.07, 6.45) is 2.33. The van der Waals surface area contributed by atoms with Crippen LogP contribution in [0.5, 0.6) is 5.75 Å². The number of pyridine rings is 1. The van der Waals surface area contributed by atoms with Gasteiger partial charge in [-0.15, -0.1) is 0 Å². The molecule has 1 fully saturated rings. The number of hydrogen-bond acceptors (Lipinski definition) is 3. The minimum atomic E-state index is -0.375. The topological polar surface area (TPSA) is 74.2 Å². The van der Waals surface area contributed by atoms with Crippen molar-refractivity contribution in [3.05, 3.63) is 52.7 Å². The molecule has 2 amide bonds. The van der Waals surface area contributed by atoms with E-state index in [0.29, 0.717) is 17.3 Å². The maximum atomic E-state index is 11.9. The van der Waals surface area contributed by atoms with Gasteiger partial charge in [0.2, 0.25) is 0 Å². The number of anilines is 1. The largest absolute Gasteiger partial charge is 0.506 e. The van der Waals surface area contributed by atoms with Gasteiger partial charge in [0, 0.05) is 23.7 Å². The first-order valence-corrected chi connectivity index (χ1v) is 7.49. The number of halogens is 1. The fourth-order valence-electron chi connectivity index (χ4n) is 2.17. The summed E-state index contributed by atoms with van der Waals surface area (Å²) < 4.78 is 0. The zero-order valence-corrected chi connectivity index (χ0v) is 12.6. The van der Waals surface area contributed by atoms with Crippen molar-refractivity contribution in [2.24, 2.45) is 0 Å². The molecule has 1 saturated carbocycles. The lowest BCUT2D eigenvalue weighted by Gasteiger charge is -2.09. The third-order valence-corrected chi connectivity index (χ3v) is 3.82. The number of carbonyl (C=O) groups excluding carboxylic acids is 1. The molecule has 114 valence electrons. The van der Waals surface area contributed by atoms with Gasteiger partial charge in [-0.3, -0.25) is 5.32 Å². The van der Waals surface area contributed by atoms with Crippen LogP contribution in [0.3, 0.4) is 0 Å². The molecule has 0 atom stereocenters. The van der Waals surface area contributed by atoms with E-state index in [1.165, 1.54) is 0 Å². The first kappa shape index (κ1) is 14.7. The summed E-state index contributed by atoms with van der Waals surface area (Å²) in [6, 6.07) is 10.3. The van der Waals surface area contributed by atoms with E-state index in [1.807, 2.05) is 12.1 Å². The van der Waals surface area contributed by atoms with Gasteiger partial charge in [0.05, 0.1) is 5.02 Å². The lowest BCUT2D eigenvalue weighted by Crippen LogP contribution is -2.28. The Morgan fingerprint density at radius 1 is 1.27 bits per heavy atom. The van der Waals surface area contributed by atoms with Crippen LogP contribution in [-0.4, -0.2) is 16.1 Å². The summed E-state index contributed by atoms with van der Waals surface area (Å²) in [7, 11) is 0. The Balaban J connectivity index is 1.58. The summed E-state index contributed by atoms with van der Waals surface area (Å²) in [6.45, 7) is 0.181. The third-order valence-electron chi connectivity index (χ3n) is 3.52. The standard InChI is InChI=1S/C16H16ClN3O2/c17-12-4-1-3-11(15(12)21)9-18-16(22)20-14-6-2-5-13(19-14)10-7-8-10/h1-6,10,21H,7-9H2,(H2,18,19,20,22). The molecule has 0 aliphatic heterocycles. The Morgan fingerprint density at radius 2 is 2.05 bits per heavy atom. The number of aromatic nitrogens is 1. The van der Waals surface area contributed by atoms with E-state index >= 15 is 0 Å². The Morgan fingerprint density at radius 3 is 2.82 bits per heavy atom. The SMILES string of the molecule is O=C(NCc1cccc(Cl)c1O)Nc1cccc(C2CC2)n1. The van der Waals surface area contributed by atoms with Gasteiger partial charge in [-0.2, -0.15) is 0 Å². The summed E-state index contributed by atoms with van der Waals surface area (Å²) >= 11 is 5.82. The molecule has 3 rings (SSSR count). The van der Waals surface area contributed by atoms with Crippen LogP contribution in [0.1, 0.15) is 30.0 Å². The highest BCUT2D eigenvalue weighted by atomic mass is 35.5. The molecule has 2 aromatic rings. The van der Waals surface area contributed by atoms with E-state index in [-0.39, 0.29) is 23.3 Å². The third kappa shape index (κ3) is 3.49. The average Bonchev–Trinajstić information content (AvgIpc) is 3.34. The summed E-state index contributed by atoms with van der Waals surface area (Å²) in [5.74, 6) is 1.05. The van der Waals surface area contributed by atoms with Gasteiger partial charge in [-0.1, -0.05) is 29.8 Å². The van der Waals surface area contributed by atoms with Crippen molar-refractivity contribution in [3.8, 4) is 5.75 Å². The number of phenolic OH excluding ortho intramolecular Hbond substituents is 1. The number of carbonyl (C=O) groups is 1. The van der Waals surface area contributed by atoms with Gasteiger partial charge in [0.1, 0.15) is 11.6 Å².